The minimum absolute atomic E-state index is 0.334. The highest BCUT2D eigenvalue weighted by Gasteiger charge is 2.10. The van der Waals surface area contributed by atoms with Gasteiger partial charge in [0.25, 0.3) is 0 Å². The van der Waals surface area contributed by atoms with Crippen molar-refractivity contribution in [1.29, 1.82) is 0 Å². The molecular formula is C8H13Al3N4O3. The molecule has 0 saturated heterocycles. The van der Waals surface area contributed by atoms with Gasteiger partial charge in [0.05, 0.1) is 0 Å². The van der Waals surface area contributed by atoms with Gasteiger partial charge in [-0.25, -0.2) is 0 Å². The third-order valence-electron chi connectivity index (χ3n) is 2.28. The first kappa shape index (κ1) is 14.3. The molecular weight excluding hydrogens is 281 g/mol. The maximum Gasteiger partial charge on any atom is 0.533 e. The molecule has 0 aliphatic carbocycles. The van der Waals surface area contributed by atoms with Crippen LogP contribution in [0.3, 0.4) is 0 Å². The van der Waals surface area contributed by atoms with Crippen molar-refractivity contribution >= 4 is 55.8 Å². The zero-order chi connectivity index (χ0) is 12.8. The molecule has 0 saturated carbocycles. The Labute approximate surface area is 124 Å². The molecule has 0 unspecified atom stereocenters. The Morgan fingerprint density at radius 2 is 1.94 bits per heavy atom. The lowest BCUT2D eigenvalue weighted by Crippen LogP contribution is -2.20. The first-order valence-corrected chi connectivity index (χ1v) is 10.9. The number of rotatable bonds is 7. The number of aromatic nitrogens is 4. The molecule has 0 aromatic carbocycles. The number of aryl methyl sites for hydroxylation is 2. The molecule has 0 bridgehead atoms. The molecule has 0 amide bonds. The lowest BCUT2D eigenvalue weighted by Gasteiger charge is -1.96. The van der Waals surface area contributed by atoms with Gasteiger partial charge in [-0.2, -0.15) is 0 Å². The smallest absolute Gasteiger partial charge is 0.533 e. The van der Waals surface area contributed by atoms with Crippen LogP contribution in [0.1, 0.15) is 11.8 Å². The molecule has 0 N–H and O–H groups in total. The molecule has 2 aromatic heterocycles. The zero-order valence-electron chi connectivity index (χ0n) is 10.5. The van der Waals surface area contributed by atoms with Gasteiger partial charge in [0.15, 0.2) is 4.75 Å². The van der Waals surface area contributed by atoms with Crippen LogP contribution in [0.5, 0.6) is 0 Å². The number of nitrogens with zero attached hydrogens (tertiary/aromatic N) is 4. The van der Waals surface area contributed by atoms with Crippen LogP contribution in [0.15, 0.2) is 8.83 Å². The topological polar surface area (TPSA) is 87.1 Å². The van der Waals surface area contributed by atoms with Gasteiger partial charge in [-0.15, -0.1) is 26.2 Å². The molecule has 7 nitrogen and oxygen atoms in total. The minimum Gasteiger partial charge on any atom is -0.635 e. The van der Waals surface area contributed by atoms with Crippen LogP contribution in [0.2, 0.25) is 11.1 Å². The third kappa shape index (κ3) is 4.50. The second-order valence-corrected chi connectivity index (χ2v) is 8.77. The minimum atomic E-state index is -0.828. The average molecular weight is 294 g/mol. The van der Waals surface area contributed by atoms with E-state index in [0.29, 0.717) is 10.6 Å². The van der Waals surface area contributed by atoms with Crippen LogP contribution >= 0.6 is 0 Å². The lowest BCUT2D eigenvalue weighted by molar-refractivity contribution is 0.520. The molecule has 0 radical (unpaired) electrons. The standard InChI is InChI=1S/C4H4N2O.C3H3N2O.CH3.3Al.O.3H/c1-2-4-6-5-3-7-4;1-3-5-4-2-6-3;;;;;;;;/h1-2H2;1H3;1H3;;;;;;;. The summed E-state index contributed by atoms with van der Waals surface area (Å²) in [6.07, 6.45) is 0.824. The summed E-state index contributed by atoms with van der Waals surface area (Å²) >= 11 is -1.71. The first-order chi connectivity index (χ1) is 8.78. The Bertz CT molecular complexity index is 489. The highest BCUT2D eigenvalue weighted by Crippen LogP contribution is 1.96. The van der Waals surface area contributed by atoms with Crippen molar-refractivity contribution in [2.75, 3.05) is 0 Å². The quantitative estimate of drug-likeness (QED) is 0.426. The van der Waals surface area contributed by atoms with Gasteiger partial charge in [-0.1, -0.05) is 5.28 Å². The van der Waals surface area contributed by atoms with Gasteiger partial charge in [0.2, 0.25) is 11.8 Å². The molecule has 92 valence electrons. The SMILES string of the molecule is [CH3][AlH][c]1nnc(C[CH2][AlH][O][AlH][c]2nnc(C)o2)o1. The fraction of sp³-hybridized carbons (Fsp3) is 0.500. The Balaban J connectivity index is 1.61. The van der Waals surface area contributed by atoms with E-state index in [0.717, 1.165) is 22.3 Å². The molecule has 0 aliphatic rings. The highest BCUT2D eigenvalue weighted by atomic mass is 27.2. The van der Waals surface area contributed by atoms with E-state index in [9.17, 15) is 0 Å². The lowest BCUT2D eigenvalue weighted by atomic mass is 10.5. The molecule has 0 aliphatic heterocycles. The summed E-state index contributed by atoms with van der Waals surface area (Å²) in [5, 5.41) is 16.7. The predicted molar refractivity (Wildman–Crippen MR) is 69.5 cm³/mol. The van der Waals surface area contributed by atoms with Gasteiger partial charge in [0, 0.05) is 13.3 Å². The largest absolute Gasteiger partial charge is 0.635 e. The predicted octanol–water partition coefficient (Wildman–Crippen LogP) is -2.12. The zero-order valence-corrected chi connectivity index (χ0v) is 14.8. The fourth-order valence-electron chi connectivity index (χ4n) is 1.41. The van der Waals surface area contributed by atoms with Gasteiger partial charge < -0.3 is 11.7 Å². The number of hydrogen-bond donors (Lipinski definition) is 0. The van der Waals surface area contributed by atoms with Gasteiger partial charge in [0.1, 0.15) is 4.75 Å². The Morgan fingerprint density at radius 3 is 2.61 bits per heavy atom. The van der Waals surface area contributed by atoms with Crippen LogP contribution in [0, 0.1) is 6.92 Å². The van der Waals surface area contributed by atoms with Gasteiger partial charge in [-0.05, 0) is 0 Å². The van der Waals surface area contributed by atoms with E-state index in [1.807, 2.05) is 0 Å². The monoisotopic (exact) mass is 294 g/mol. The Hall–Kier alpha value is -0.163. The Morgan fingerprint density at radius 1 is 1.11 bits per heavy atom. The second-order valence-electron chi connectivity index (χ2n) is 3.81. The molecule has 0 atom stereocenters. The van der Waals surface area contributed by atoms with E-state index in [4.69, 9.17) is 11.7 Å². The maximum absolute atomic E-state index is 5.69. The highest BCUT2D eigenvalue weighted by molar-refractivity contribution is 6.52. The molecule has 0 spiro atoms. The molecule has 10 heteroatoms. The average Bonchev–Trinajstić information content (AvgIpc) is 2.98. The normalized spacial score (nSPS) is 10.3. The van der Waals surface area contributed by atoms with Crippen molar-refractivity contribution < 1.29 is 11.7 Å². The Kier molecular flexibility index (Phi) is 5.88. The van der Waals surface area contributed by atoms with Crippen LogP contribution in [-0.2, 0) is 9.26 Å². The summed E-state index contributed by atoms with van der Waals surface area (Å²) in [6.45, 7) is 1.78. The van der Waals surface area contributed by atoms with Crippen molar-refractivity contribution in [2.24, 2.45) is 0 Å². The number of hydrogen-bond acceptors (Lipinski definition) is 7. The van der Waals surface area contributed by atoms with Crippen LogP contribution in [0.4, 0.5) is 0 Å². The van der Waals surface area contributed by atoms with E-state index in [1.165, 1.54) is 0 Å². The molecule has 2 aromatic rings. The van der Waals surface area contributed by atoms with Crippen LogP contribution in [0.25, 0.3) is 0 Å². The van der Waals surface area contributed by atoms with E-state index in [1.54, 1.807) is 6.92 Å². The summed E-state index contributed by atoms with van der Waals surface area (Å²) in [5.41, 5.74) is 0. The van der Waals surface area contributed by atoms with Crippen molar-refractivity contribution in [3.05, 3.63) is 11.8 Å². The van der Waals surface area contributed by atoms with Crippen molar-refractivity contribution in [1.82, 2.24) is 20.4 Å². The second kappa shape index (κ2) is 7.43. The molecule has 2 heterocycles. The van der Waals surface area contributed by atoms with E-state index < -0.39 is 31.1 Å². The fourth-order valence-corrected chi connectivity index (χ4v) is 4.87. The van der Waals surface area contributed by atoms with Crippen LogP contribution < -0.4 is 9.51 Å². The molecule has 2 rings (SSSR count). The summed E-state index contributed by atoms with van der Waals surface area (Å²) in [5.74, 6) is 3.48. The first-order valence-electron chi connectivity index (χ1n) is 5.96. The summed E-state index contributed by atoms with van der Waals surface area (Å²) in [6, 6.07) is 0. The van der Waals surface area contributed by atoms with E-state index >= 15 is 0 Å². The van der Waals surface area contributed by atoms with Crippen LogP contribution in [-0.4, -0.2) is 66.7 Å². The van der Waals surface area contributed by atoms with Crippen molar-refractivity contribution in [3.8, 4) is 0 Å². The van der Waals surface area contributed by atoms with Crippen molar-refractivity contribution in [2.45, 2.75) is 24.4 Å². The van der Waals surface area contributed by atoms with E-state index in [2.05, 4.69) is 26.2 Å². The summed E-state index contributed by atoms with van der Waals surface area (Å²) in [7, 11) is 0. The van der Waals surface area contributed by atoms with Crippen molar-refractivity contribution in [3.63, 3.8) is 0 Å². The summed E-state index contributed by atoms with van der Waals surface area (Å²) in [4.78, 5) is 0. The third-order valence-corrected chi connectivity index (χ3v) is 6.32. The van der Waals surface area contributed by atoms with Gasteiger partial charge >= 0.3 is 46.3 Å². The van der Waals surface area contributed by atoms with E-state index in [-0.39, 0.29) is 15.2 Å². The van der Waals surface area contributed by atoms with Gasteiger partial charge in [-0.3, -0.25) is 0 Å². The molecule has 18 heavy (non-hydrogen) atoms. The molecule has 0 fully saturated rings. The maximum atomic E-state index is 5.69. The summed E-state index contributed by atoms with van der Waals surface area (Å²) < 4.78 is 17.9.